The van der Waals surface area contributed by atoms with Crippen LogP contribution in [0.25, 0.3) is 0 Å². The minimum atomic E-state index is 0.0234. The summed E-state index contributed by atoms with van der Waals surface area (Å²) in [5.41, 5.74) is 3.44. The topological polar surface area (TPSA) is 38.3 Å². The van der Waals surface area contributed by atoms with Gasteiger partial charge in [-0.2, -0.15) is 0 Å². The van der Waals surface area contributed by atoms with Crippen molar-refractivity contribution >= 4 is 27.5 Å². The first kappa shape index (κ1) is 20.5. The smallest absolute Gasteiger partial charge is 0.224 e. The second-order valence-electron chi connectivity index (χ2n) is 6.42. The maximum Gasteiger partial charge on any atom is 0.224 e. The lowest BCUT2D eigenvalue weighted by Gasteiger charge is -2.10. The first-order valence-electron chi connectivity index (χ1n) is 9.42. The summed E-state index contributed by atoms with van der Waals surface area (Å²) in [5.74, 6) is 0.848. The van der Waals surface area contributed by atoms with Crippen molar-refractivity contribution in [1.29, 1.82) is 0 Å². The molecule has 0 radical (unpaired) electrons. The van der Waals surface area contributed by atoms with Gasteiger partial charge in [0.25, 0.3) is 0 Å². The Morgan fingerprint density at radius 1 is 1.04 bits per heavy atom. The van der Waals surface area contributed by atoms with Crippen LogP contribution in [0.2, 0.25) is 0 Å². The zero-order valence-electron chi connectivity index (χ0n) is 15.7. The maximum atomic E-state index is 12.1. The number of halogens is 1. The molecular formula is C22H28BrNO2. The van der Waals surface area contributed by atoms with Crippen molar-refractivity contribution in [3.8, 4) is 5.75 Å². The molecule has 0 aliphatic rings. The molecule has 0 aromatic heterocycles. The number of aryl methyl sites for hydroxylation is 2. The van der Waals surface area contributed by atoms with E-state index in [4.69, 9.17) is 4.74 Å². The lowest BCUT2D eigenvalue weighted by Crippen LogP contribution is -2.12. The van der Waals surface area contributed by atoms with E-state index in [2.05, 4.69) is 59.4 Å². The highest BCUT2D eigenvalue weighted by molar-refractivity contribution is 9.10. The molecule has 0 heterocycles. The highest BCUT2D eigenvalue weighted by atomic mass is 79.9. The Labute approximate surface area is 165 Å². The summed E-state index contributed by atoms with van der Waals surface area (Å²) in [5, 5.41) is 2.95. The Hall–Kier alpha value is -1.81. The SMILES string of the molecule is CCCCc1ccc(NC(=O)CCCOc2ccc(CC)cc2Br)cc1. The number of rotatable bonds is 10. The number of ether oxygens (including phenoxy) is 1. The number of carbonyl (C=O) groups is 1. The van der Waals surface area contributed by atoms with E-state index in [1.807, 2.05) is 18.2 Å². The molecule has 1 N–H and O–H groups in total. The van der Waals surface area contributed by atoms with Gasteiger partial charge in [0.15, 0.2) is 0 Å². The third-order valence-corrected chi connectivity index (χ3v) is 4.89. The average molecular weight is 418 g/mol. The van der Waals surface area contributed by atoms with Crippen LogP contribution in [-0.2, 0) is 17.6 Å². The van der Waals surface area contributed by atoms with Crippen LogP contribution in [0, 0.1) is 0 Å². The van der Waals surface area contributed by atoms with Crippen molar-refractivity contribution in [2.45, 2.75) is 52.4 Å². The lowest BCUT2D eigenvalue weighted by atomic mass is 10.1. The van der Waals surface area contributed by atoms with Gasteiger partial charge in [-0.05, 0) is 77.0 Å². The fourth-order valence-electron chi connectivity index (χ4n) is 2.66. The van der Waals surface area contributed by atoms with E-state index in [9.17, 15) is 4.79 Å². The van der Waals surface area contributed by atoms with Crippen LogP contribution in [0.15, 0.2) is 46.9 Å². The van der Waals surface area contributed by atoms with Crippen molar-refractivity contribution in [3.63, 3.8) is 0 Å². The molecule has 2 rings (SSSR count). The van der Waals surface area contributed by atoms with Gasteiger partial charge in [-0.1, -0.05) is 38.5 Å². The van der Waals surface area contributed by atoms with Crippen molar-refractivity contribution in [2.75, 3.05) is 11.9 Å². The van der Waals surface area contributed by atoms with Crippen molar-refractivity contribution in [2.24, 2.45) is 0 Å². The zero-order chi connectivity index (χ0) is 18.8. The van der Waals surface area contributed by atoms with E-state index in [1.54, 1.807) is 0 Å². The van der Waals surface area contributed by atoms with Gasteiger partial charge >= 0.3 is 0 Å². The molecule has 4 heteroatoms. The molecule has 0 bridgehead atoms. The van der Waals surface area contributed by atoms with Gasteiger partial charge in [0.1, 0.15) is 5.75 Å². The fraction of sp³-hybridized carbons (Fsp3) is 0.409. The van der Waals surface area contributed by atoms with E-state index < -0.39 is 0 Å². The van der Waals surface area contributed by atoms with Crippen LogP contribution in [0.4, 0.5) is 5.69 Å². The van der Waals surface area contributed by atoms with Crippen LogP contribution in [0.3, 0.4) is 0 Å². The Bertz CT molecular complexity index is 698. The molecule has 0 atom stereocenters. The molecule has 0 saturated heterocycles. The van der Waals surface area contributed by atoms with Crippen LogP contribution >= 0.6 is 15.9 Å². The Kier molecular flexibility index (Phi) is 8.69. The molecule has 0 fully saturated rings. The second-order valence-corrected chi connectivity index (χ2v) is 7.27. The second kappa shape index (κ2) is 11.0. The maximum absolute atomic E-state index is 12.1. The van der Waals surface area contributed by atoms with Gasteiger partial charge in [0.2, 0.25) is 5.91 Å². The third kappa shape index (κ3) is 6.83. The Morgan fingerprint density at radius 3 is 2.42 bits per heavy atom. The van der Waals surface area contributed by atoms with Crippen LogP contribution < -0.4 is 10.1 Å². The van der Waals surface area contributed by atoms with E-state index in [0.717, 1.165) is 28.8 Å². The zero-order valence-corrected chi connectivity index (χ0v) is 17.3. The van der Waals surface area contributed by atoms with Gasteiger partial charge in [-0.25, -0.2) is 0 Å². The van der Waals surface area contributed by atoms with Gasteiger partial charge in [-0.3, -0.25) is 4.79 Å². The van der Waals surface area contributed by atoms with E-state index in [-0.39, 0.29) is 5.91 Å². The summed E-state index contributed by atoms with van der Waals surface area (Å²) in [6.07, 6.45) is 5.61. The highest BCUT2D eigenvalue weighted by Gasteiger charge is 2.05. The summed E-state index contributed by atoms with van der Waals surface area (Å²) in [6, 6.07) is 14.3. The van der Waals surface area contributed by atoms with Crippen LogP contribution in [0.1, 0.15) is 50.7 Å². The number of hydrogen-bond donors (Lipinski definition) is 1. The highest BCUT2D eigenvalue weighted by Crippen LogP contribution is 2.26. The molecule has 0 saturated carbocycles. The molecule has 26 heavy (non-hydrogen) atoms. The lowest BCUT2D eigenvalue weighted by molar-refractivity contribution is -0.116. The molecule has 1 amide bonds. The number of benzene rings is 2. The number of carbonyl (C=O) groups excluding carboxylic acids is 1. The fourth-order valence-corrected chi connectivity index (χ4v) is 3.20. The van der Waals surface area contributed by atoms with Gasteiger partial charge in [0, 0.05) is 12.1 Å². The minimum absolute atomic E-state index is 0.0234. The van der Waals surface area contributed by atoms with Gasteiger partial charge in [0.05, 0.1) is 11.1 Å². The normalized spacial score (nSPS) is 10.6. The molecule has 0 spiro atoms. The first-order chi connectivity index (χ1) is 12.6. The molecule has 0 unspecified atom stereocenters. The molecule has 3 nitrogen and oxygen atoms in total. The van der Waals surface area contributed by atoms with E-state index in [0.29, 0.717) is 19.4 Å². The van der Waals surface area contributed by atoms with Gasteiger partial charge in [-0.15, -0.1) is 0 Å². The average Bonchev–Trinajstić information content (AvgIpc) is 2.65. The van der Waals surface area contributed by atoms with Crippen molar-refractivity contribution in [1.82, 2.24) is 0 Å². The summed E-state index contributed by atoms with van der Waals surface area (Å²) in [4.78, 5) is 12.1. The Balaban J connectivity index is 1.70. The number of amides is 1. The van der Waals surface area contributed by atoms with E-state index in [1.165, 1.54) is 24.0 Å². The number of nitrogens with one attached hydrogen (secondary N) is 1. The summed E-state index contributed by atoms with van der Waals surface area (Å²) >= 11 is 3.53. The molecule has 2 aromatic rings. The molecular weight excluding hydrogens is 390 g/mol. The number of anilines is 1. The predicted molar refractivity (Wildman–Crippen MR) is 112 cm³/mol. The molecule has 0 aliphatic heterocycles. The quantitative estimate of drug-likeness (QED) is 0.470. The monoisotopic (exact) mass is 417 g/mol. The predicted octanol–water partition coefficient (Wildman–Crippen LogP) is 6.15. The summed E-state index contributed by atoms with van der Waals surface area (Å²) in [7, 11) is 0. The minimum Gasteiger partial charge on any atom is -0.492 e. The standard InChI is InChI=1S/C22H28BrNO2/c1-3-5-7-18-9-12-19(13-10-18)24-22(25)8-6-15-26-21-14-11-17(4-2)16-20(21)23/h9-14,16H,3-8,15H2,1-2H3,(H,24,25). The van der Waals surface area contributed by atoms with Crippen LogP contribution in [-0.4, -0.2) is 12.5 Å². The molecule has 140 valence electrons. The third-order valence-electron chi connectivity index (χ3n) is 4.27. The van der Waals surface area contributed by atoms with Crippen molar-refractivity contribution in [3.05, 3.63) is 58.1 Å². The summed E-state index contributed by atoms with van der Waals surface area (Å²) in [6.45, 7) is 4.84. The van der Waals surface area contributed by atoms with Crippen molar-refractivity contribution < 1.29 is 9.53 Å². The van der Waals surface area contributed by atoms with Gasteiger partial charge < -0.3 is 10.1 Å². The number of unbranched alkanes of at least 4 members (excludes halogenated alkanes) is 1. The Morgan fingerprint density at radius 2 is 1.77 bits per heavy atom. The van der Waals surface area contributed by atoms with Crippen LogP contribution in [0.5, 0.6) is 5.75 Å². The first-order valence-corrected chi connectivity index (χ1v) is 10.2. The largest absolute Gasteiger partial charge is 0.492 e. The number of hydrogen-bond acceptors (Lipinski definition) is 2. The summed E-state index contributed by atoms with van der Waals surface area (Å²) < 4.78 is 6.73. The van der Waals surface area contributed by atoms with E-state index >= 15 is 0 Å². The molecule has 2 aromatic carbocycles. The molecule has 0 aliphatic carbocycles.